The Labute approximate surface area is 288 Å². The van der Waals surface area contributed by atoms with Crippen LogP contribution in [0.25, 0.3) is 0 Å². The van der Waals surface area contributed by atoms with Crippen molar-refractivity contribution in [2.45, 2.75) is 115 Å². The average Bonchev–Trinajstić information content (AvgIpc) is 3.78. The van der Waals surface area contributed by atoms with Gasteiger partial charge in [-0.15, -0.1) is 0 Å². The lowest BCUT2D eigenvalue weighted by Gasteiger charge is -2.34. The summed E-state index contributed by atoms with van der Waals surface area (Å²) in [6.07, 6.45) is 6.33. The number of likely N-dealkylation sites (tertiary alicyclic amines) is 2. The molecule has 0 bridgehead atoms. The van der Waals surface area contributed by atoms with E-state index in [1.165, 1.54) is 4.90 Å². The van der Waals surface area contributed by atoms with Gasteiger partial charge in [0, 0.05) is 25.1 Å². The Bertz CT molecular complexity index is 1480. The molecule has 0 aromatic heterocycles. The molecule has 4 unspecified atom stereocenters. The van der Waals surface area contributed by atoms with E-state index in [-0.39, 0.29) is 29.8 Å². The van der Waals surface area contributed by atoms with E-state index in [0.29, 0.717) is 44.3 Å². The van der Waals surface area contributed by atoms with E-state index in [9.17, 15) is 29.1 Å². The van der Waals surface area contributed by atoms with E-state index < -0.39 is 47.7 Å². The van der Waals surface area contributed by atoms with Crippen molar-refractivity contribution >= 4 is 29.6 Å². The number of hydrogen-bond donors (Lipinski definition) is 3. The standard InChI is InChI=1S/C38H50N4O7/c1-38(2,3)49-37(48)42-23-11-17-31(42)36(47)41-22-10-16-30(41)34(45)40-32(26-12-6-4-7-13-26)35(46)39-29(24-25-18-20-28(43)21-19-25)33(44)27-14-8-5-9-15-27/h5,8-9,14-15,18-21,26,29-32,43H,4,6-7,10-13,16-17,22-24H2,1-3H3,(H,39,46)(H,40,45). The van der Waals surface area contributed by atoms with Crippen LogP contribution in [0.2, 0.25) is 0 Å². The number of carbonyl (C=O) groups excluding carboxylic acids is 5. The summed E-state index contributed by atoms with van der Waals surface area (Å²) in [7, 11) is 0. The first-order valence-electron chi connectivity index (χ1n) is 17.7. The summed E-state index contributed by atoms with van der Waals surface area (Å²) in [5.41, 5.74) is 0.516. The Morgan fingerprint density at radius 3 is 2.08 bits per heavy atom. The zero-order valence-electron chi connectivity index (χ0n) is 28.9. The number of phenolic OH excluding ortho intramolecular Hbond substituents is 1. The zero-order valence-corrected chi connectivity index (χ0v) is 28.9. The van der Waals surface area contributed by atoms with E-state index >= 15 is 0 Å². The molecule has 2 aliphatic heterocycles. The van der Waals surface area contributed by atoms with E-state index in [1.807, 2.05) is 6.07 Å². The van der Waals surface area contributed by atoms with Gasteiger partial charge in [-0.2, -0.15) is 0 Å². The van der Waals surface area contributed by atoms with Gasteiger partial charge in [-0.25, -0.2) is 4.79 Å². The Kier molecular flexibility index (Phi) is 11.6. The van der Waals surface area contributed by atoms with Crippen molar-refractivity contribution in [2.24, 2.45) is 5.92 Å². The average molecular weight is 675 g/mol. The van der Waals surface area contributed by atoms with Gasteiger partial charge in [0.25, 0.3) is 0 Å². The highest BCUT2D eigenvalue weighted by molar-refractivity contribution is 6.03. The van der Waals surface area contributed by atoms with Crippen LogP contribution in [0.15, 0.2) is 54.6 Å². The van der Waals surface area contributed by atoms with E-state index in [0.717, 1.165) is 37.7 Å². The van der Waals surface area contributed by atoms with Gasteiger partial charge in [0.05, 0.1) is 6.04 Å². The number of amides is 4. The molecule has 11 heteroatoms. The van der Waals surface area contributed by atoms with Gasteiger partial charge in [-0.3, -0.25) is 24.1 Å². The van der Waals surface area contributed by atoms with Crippen LogP contribution >= 0.6 is 0 Å². The molecule has 2 saturated heterocycles. The van der Waals surface area contributed by atoms with E-state index in [2.05, 4.69) is 10.6 Å². The minimum absolute atomic E-state index is 0.101. The minimum atomic E-state index is -0.909. The molecule has 264 valence electrons. The minimum Gasteiger partial charge on any atom is -0.508 e. The van der Waals surface area contributed by atoms with Gasteiger partial charge in [-0.1, -0.05) is 61.7 Å². The van der Waals surface area contributed by atoms with Crippen molar-refractivity contribution in [2.75, 3.05) is 13.1 Å². The molecule has 1 saturated carbocycles. The third kappa shape index (κ3) is 9.19. The topological polar surface area (TPSA) is 145 Å². The maximum atomic E-state index is 14.2. The highest BCUT2D eigenvalue weighted by Gasteiger charge is 2.44. The van der Waals surface area contributed by atoms with Crippen LogP contribution in [-0.2, 0) is 25.5 Å². The Morgan fingerprint density at radius 2 is 1.43 bits per heavy atom. The first-order chi connectivity index (χ1) is 23.4. The van der Waals surface area contributed by atoms with Crippen LogP contribution in [0.1, 0.15) is 94.5 Å². The van der Waals surface area contributed by atoms with Crippen molar-refractivity contribution in [3.8, 4) is 5.75 Å². The van der Waals surface area contributed by atoms with Crippen molar-refractivity contribution in [3.05, 3.63) is 65.7 Å². The quantitative estimate of drug-likeness (QED) is 0.308. The number of Topliss-reactive ketones (excluding diaryl/α,β-unsaturated/α-hetero) is 1. The van der Waals surface area contributed by atoms with Crippen LogP contribution < -0.4 is 10.6 Å². The number of ether oxygens (including phenoxy) is 1. The molecule has 2 aromatic rings. The maximum Gasteiger partial charge on any atom is 0.410 e. The number of aromatic hydroxyl groups is 1. The number of carbonyl (C=O) groups is 5. The molecule has 0 radical (unpaired) electrons. The molecule has 49 heavy (non-hydrogen) atoms. The first kappa shape index (κ1) is 35.9. The first-order valence-corrected chi connectivity index (χ1v) is 17.7. The van der Waals surface area contributed by atoms with Crippen LogP contribution in [0.5, 0.6) is 5.75 Å². The predicted octanol–water partition coefficient (Wildman–Crippen LogP) is 4.76. The lowest BCUT2D eigenvalue weighted by atomic mass is 9.83. The second-order valence-electron chi connectivity index (χ2n) is 14.6. The summed E-state index contributed by atoms with van der Waals surface area (Å²) in [4.78, 5) is 71.8. The summed E-state index contributed by atoms with van der Waals surface area (Å²) < 4.78 is 5.56. The van der Waals surface area contributed by atoms with Gasteiger partial charge < -0.3 is 25.4 Å². The number of nitrogens with one attached hydrogen (secondary N) is 2. The number of hydrogen-bond acceptors (Lipinski definition) is 7. The van der Waals surface area contributed by atoms with Crippen molar-refractivity contribution < 1.29 is 33.8 Å². The molecule has 3 fully saturated rings. The van der Waals surface area contributed by atoms with Gasteiger partial charge >= 0.3 is 6.09 Å². The monoisotopic (exact) mass is 674 g/mol. The summed E-state index contributed by atoms with van der Waals surface area (Å²) in [5.74, 6) is -1.39. The second kappa shape index (κ2) is 15.9. The fourth-order valence-corrected chi connectivity index (χ4v) is 7.31. The van der Waals surface area contributed by atoms with Crippen LogP contribution in [0.4, 0.5) is 4.79 Å². The van der Waals surface area contributed by atoms with Crippen LogP contribution in [0, 0.1) is 5.92 Å². The largest absolute Gasteiger partial charge is 0.508 e. The Morgan fingerprint density at radius 1 is 0.796 bits per heavy atom. The second-order valence-corrected chi connectivity index (χ2v) is 14.6. The molecular formula is C38H50N4O7. The highest BCUT2D eigenvalue weighted by Crippen LogP contribution is 2.29. The highest BCUT2D eigenvalue weighted by atomic mass is 16.6. The van der Waals surface area contributed by atoms with Crippen molar-refractivity contribution in [3.63, 3.8) is 0 Å². The molecular weight excluding hydrogens is 624 g/mol. The lowest BCUT2D eigenvalue weighted by molar-refractivity contribution is -0.142. The molecule has 5 rings (SSSR count). The van der Waals surface area contributed by atoms with Crippen LogP contribution in [0.3, 0.4) is 0 Å². The third-order valence-corrected chi connectivity index (χ3v) is 9.77. The molecule has 11 nitrogen and oxygen atoms in total. The van der Waals surface area contributed by atoms with Crippen molar-refractivity contribution in [1.29, 1.82) is 0 Å². The Hall–Kier alpha value is -4.41. The fraction of sp³-hybridized carbons (Fsp3) is 0.553. The van der Waals surface area contributed by atoms with E-state index in [4.69, 9.17) is 4.74 Å². The molecule has 3 aliphatic rings. The molecule has 3 N–H and O–H groups in total. The SMILES string of the molecule is CC(C)(C)OC(=O)N1CCCC1C(=O)N1CCCC1C(=O)NC(C(=O)NC(Cc1ccc(O)cc1)C(=O)c1ccccc1)C1CCCCC1. The van der Waals surface area contributed by atoms with E-state index in [1.54, 1.807) is 74.2 Å². The third-order valence-electron chi connectivity index (χ3n) is 9.77. The summed E-state index contributed by atoms with van der Waals surface area (Å²) in [5, 5.41) is 15.8. The molecule has 4 atom stereocenters. The summed E-state index contributed by atoms with van der Waals surface area (Å²) >= 11 is 0. The summed E-state index contributed by atoms with van der Waals surface area (Å²) in [6.45, 7) is 6.14. The predicted molar refractivity (Wildman–Crippen MR) is 184 cm³/mol. The summed E-state index contributed by atoms with van der Waals surface area (Å²) in [6, 6.07) is 12.0. The van der Waals surface area contributed by atoms with Gasteiger partial charge in [0.1, 0.15) is 29.5 Å². The van der Waals surface area contributed by atoms with Gasteiger partial charge in [0.15, 0.2) is 5.78 Å². The number of phenols is 1. The smallest absolute Gasteiger partial charge is 0.410 e. The number of nitrogens with zero attached hydrogens (tertiary/aromatic N) is 2. The number of ketones is 1. The number of rotatable bonds is 10. The zero-order chi connectivity index (χ0) is 35.1. The van der Waals surface area contributed by atoms with Gasteiger partial charge in [-0.05, 0) is 82.9 Å². The molecule has 4 amide bonds. The number of benzene rings is 2. The Balaban J connectivity index is 1.33. The molecule has 2 heterocycles. The molecule has 2 aromatic carbocycles. The van der Waals surface area contributed by atoms with Crippen molar-refractivity contribution in [1.82, 2.24) is 20.4 Å². The maximum absolute atomic E-state index is 14.2. The lowest BCUT2D eigenvalue weighted by Crippen LogP contribution is -2.59. The normalized spacial score (nSPS) is 21.1. The van der Waals surface area contributed by atoms with Gasteiger partial charge in [0.2, 0.25) is 17.7 Å². The van der Waals surface area contributed by atoms with Crippen LogP contribution in [-0.4, -0.2) is 87.4 Å². The molecule has 0 spiro atoms. The fourth-order valence-electron chi connectivity index (χ4n) is 7.31. The molecule has 1 aliphatic carbocycles.